The second kappa shape index (κ2) is 5.87. The van der Waals surface area contributed by atoms with Crippen molar-refractivity contribution in [2.45, 2.75) is 62.4 Å². The van der Waals surface area contributed by atoms with E-state index in [0.29, 0.717) is 17.6 Å². The average Bonchev–Trinajstić information content (AvgIpc) is 3.04. The molecule has 1 aliphatic carbocycles. The molecule has 0 spiro atoms. The van der Waals surface area contributed by atoms with Crippen LogP contribution in [0.3, 0.4) is 0 Å². The third-order valence-corrected chi connectivity index (χ3v) is 4.41. The predicted molar refractivity (Wildman–Crippen MR) is 84.8 cm³/mol. The molecule has 1 fully saturated rings. The first-order valence-corrected chi connectivity index (χ1v) is 8.47. The third kappa shape index (κ3) is 3.24. The fraction of sp³-hybridized carbons (Fsp3) is 0.600. The summed E-state index contributed by atoms with van der Waals surface area (Å²) < 4.78 is 7.46. The Hall–Kier alpha value is -1.63. The fourth-order valence-electron chi connectivity index (χ4n) is 2.10. The molecule has 22 heavy (non-hydrogen) atoms. The first-order valence-electron chi connectivity index (χ1n) is 7.49. The van der Waals surface area contributed by atoms with Crippen LogP contribution >= 0.6 is 11.8 Å². The Kier molecular flexibility index (Phi) is 4.08. The van der Waals surface area contributed by atoms with E-state index in [0.717, 1.165) is 23.4 Å². The molecule has 3 rings (SSSR count). The van der Waals surface area contributed by atoms with Crippen LogP contribution < -0.4 is 0 Å². The van der Waals surface area contributed by atoms with Crippen molar-refractivity contribution in [3.8, 4) is 0 Å². The molecule has 2 aromatic rings. The van der Waals surface area contributed by atoms with Crippen LogP contribution in [0, 0.1) is 0 Å². The predicted octanol–water partition coefficient (Wildman–Crippen LogP) is 3.31. The minimum atomic E-state index is -0.103. The Morgan fingerprint density at radius 3 is 2.73 bits per heavy atom. The van der Waals surface area contributed by atoms with Crippen LogP contribution in [0.1, 0.15) is 57.1 Å². The van der Waals surface area contributed by atoms with Crippen molar-refractivity contribution >= 4 is 11.8 Å². The summed E-state index contributed by atoms with van der Waals surface area (Å²) in [5.41, 5.74) is -0.103. The van der Waals surface area contributed by atoms with Gasteiger partial charge >= 0.3 is 0 Å². The Morgan fingerprint density at radius 2 is 2.14 bits per heavy atom. The van der Waals surface area contributed by atoms with Gasteiger partial charge in [-0.3, -0.25) is 0 Å². The smallest absolute Gasteiger partial charge is 0.237 e. The van der Waals surface area contributed by atoms with E-state index in [1.165, 1.54) is 12.8 Å². The van der Waals surface area contributed by atoms with Crippen molar-refractivity contribution < 1.29 is 4.52 Å². The standard InChI is InChI=1S/C15H21N5OS/c1-5-8-20-12(10-6-7-10)17-18-14(20)22-9-11-16-13(19-21-11)15(2,3)4/h5,10H,1,6-9H2,2-4H3. The Balaban J connectivity index is 1.71. The molecule has 0 aromatic carbocycles. The highest BCUT2D eigenvalue weighted by Gasteiger charge is 2.30. The number of nitrogens with zero attached hydrogens (tertiary/aromatic N) is 5. The van der Waals surface area contributed by atoms with Crippen LogP contribution in [0.2, 0.25) is 0 Å². The molecule has 2 heterocycles. The van der Waals surface area contributed by atoms with Crippen LogP contribution in [0.15, 0.2) is 22.3 Å². The summed E-state index contributed by atoms with van der Waals surface area (Å²) in [6, 6.07) is 0. The second-order valence-electron chi connectivity index (χ2n) is 6.56. The van der Waals surface area contributed by atoms with Crippen molar-refractivity contribution in [1.29, 1.82) is 0 Å². The van der Waals surface area contributed by atoms with Gasteiger partial charge in [0.05, 0.1) is 5.75 Å². The van der Waals surface area contributed by atoms with Crippen LogP contribution in [0.25, 0.3) is 0 Å². The van der Waals surface area contributed by atoms with Crippen molar-refractivity contribution in [3.63, 3.8) is 0 Å². The zero-order valence-electron chi connectivity index (χ0n) is 13.2. The molecule has 1 aliphatic rings. The van der Waals surface area contributed by atoms with E-state index in [1.807, 2.05) is 6.08 Å². The Morgan fingerprint density at radius 1 is 1.36 bits per heavy atom. The second-order valence-corrected chi connectivity index (χ2v) is 7.51. The molecule has 7 heteroatoms. The lowest BCUT2D eigenvalue weighted by Gasteiger charge is -2.10. The fourth-order valence-corrected chi connectivity index (χ4v) is 2.89. The van der Waals surface area contributed by atoms with E-state index in [2.05, 4.69) is 52.3 Å². The molecule has 2 aromatic heterocycles. The average molecular weight is 319 g/mol. The highest BCUT2D eigenvalue weighted by atomic mass is 32.2. The number of hydrogen-bond acceptors (Lipinski definition) is 6. The van der Waals surface area contributed by atoms with Gasteiger partial charge in [0.2, 0.25) is 5.89 Å². The monoisotopic (exact) mass is 319 g/mol. The number of aromatic nitrogens is 5. The van der Waals surface area contributed by atoms with Crippen LogP contribution in [0.5, 0.6) is 0 Å². The van der Waals surface area contributed by atoms with Gasteiger partial charge in [-0.2, -0.15) is 4.98 Å². The summed E-state index contributed by atoms with van der Waals surface area (Å²) in [4.78, 5) is 4.45. The van der Waals surface area contributed by atoms with Gasteiger partial charge in [-0.25, -0.2) is 0 Å². The minimum absolute atomic E-state index is 0.103. The van der Waals surface area contributed by atoms with Crippen molar-refractivity contribution in [3.05, 3.63) is 30.2 Å². The molecule has 0 unspecified atom stereocenters. The van der Waals surface area contributed by atoms with Gasteiger partial charge in [0.15, 0.2) is 11.0 Å². The first kappa shape index (κ1) is 15.3. The SMILES string of the molecule is C=CCn1c(SCc2nc(C(C)(C)C)no2)nnc1C1CC1. The zero-order valence-corrected chi connectivity index (χ0v) is 14.1. The molecular weight excluding hydrogens is 298 g/mol. The molecule has 0 radical (unpaired) electrons. The molecule has 0 N–H and O–H groups in total. The largest absolute Gasteiger partial charge is 0.338 e. The van der Waals surface area contributed by atoms with Crippen molar-refractivity contribution in [2.75, 3.05) is 0 Å². The zero-order chi connectivity index (χ0) is 15.7. The van der Waals surface area contributed by atoms with Crippen LogP contribution in [-0.4, -0.2) is 24.9 Å². The van der Waals surface area contributed by atoms with E-state index in [-0.39, 0.29) is 5.41 Å². The topological polar surface area (TPSA) is 69.6 Å². The van der Waals surface area contributed by atoms with Gasteiger partial charge in [-0.05, 0) is 12.8 Å². The third-order valence-electron chi connectivity index (χ3n) is 3.46. The number of rotatable bonds is 6. The molecule has 6 nitrogen and oxygen atoms in total. The molecular formula is C15H21N5OS. The van der Waals surface area contributed by atoms with E-state index >= 15 is 0 Å². The van der Waals surface area contributed by atoms with Gasteiger partial charge in [0.1, 0.15) is 5.82 Å². The summed E-state index contributed by atoms with van der Waals surface area (Å²) in [6.07, 6.45) is 4.29. The lowest BCUT2D eigenvalue weighted by atomic mass is 9.96. The summed E-state index contributed by atoms with van der Waals surface area (Å²) in [5.74, 6) is 3.59. The lowest BCUT2D eigenvalue weighted by Crippen LogP contribution is -2.13. The van der Waals surface area contributed by atoms with Gasteiger partial charge in [-0.15, -0.1) is 16.8 Å². The van der Waals surface area contributed by atoms with E-state index in [9.17, 15) is 0 Å². The van der Waals surface area contributed by atoms with Crippen molar-refractivity contribution in [2.24, 2.45) is 0 Å². The maximum atomic E-state index is 5.32. The summed E-state index contributed by atoms with van der Waals surface area (Å²) in [6.45, 7) is 10.8. The quantitative estimate of drug-likeness (QED) is 0.601. The number of allylic oxidation sites excluding steroid dienone is 1. The van der Waals surface area contributed by atoms with Crippen LogP contribution in [0.4, 0.5) is 0 Å². The van der Waals surface area contributed by atoms with E-state index in [4.69, 9.17) is 4.52 Å². The first-order chi connectivity index (χ1) is 10.5. The maximum absolute atomic E-state index is 5.32. The van der Waals surface area contributed by atoms with Gasteiger partial charge in [0.25, 0.3) is 0 Å². The molecule has 1 saturated carbocycles. The van der Waals surface area contributed by atoms with Gasteiger partial charge < -0.3 is 9.09 Å². The van der Waals surface area contributed by atoms with Crippen LogP contribution in [-0.2, 0) is 17.7 Å². The Labute approximate surface area is 134 Å². The highest BCUT2D eigenvalue weighted by Crippen LogP contribution is 2.40. The number of thioether (sulfide) groups is 1. The minimum Gasteiger partial charge on any atom is -0.338 e. The Bertz CT molecular complexity index is 666. The molecule has 0 bridgehead atoms. The van der Waals surface area contributed by atoms with Gasteiger partial charge in [-0.1, -0.05) is 43.8 Å². The molecule has 0 amide bonds. The molecule has 118 valence electrons. The van der Waals surface area contributed by atoms with E-state index in [1.54, 1.807) is 11.8 Å². The lowest BCUT2D eigenvalue weighted by molar-refractivity contribution is 0.372. The summed E-state index contributed by atoms with van der Waals surface area (Å²) >= 11 is 1.58. The number of hydrogen-bond donors (Lipinski definition) is 0. The summed E-state index contributed by atoms with van der Waals surface area (Å²) in [5, 5.41) is 13.6. The highest BCUT2D eigenvalue weighted by molar-refractivity contribution is 7.98. The normalized spacial score (nSPS) is 15.2. The van der Waals surface area contributed by atoms with E-state index < -0.39 is 0 Å². The van der Waals surface area contributed by atoms with Crippen molar-refractivity contribution in [1.82, 2.24) is 24.9 Å². The summed E-state index contributed by atoms with van der Waals surface area (Å²) in [7, 11) is 0. The molecule has 0 saturated heterocycles. The molecule has 0 atom stereocenters. The van der Waals surface area contributed by atoms with Gasteiger partial charge in [0, 0.05) is 17.9 Å². The maximum Gasteiger partial charge on any atom is 0.237 e. The molecule has 0 aliphatic heterocycles.